The monoisotopic (exact) mass is 298 g/mol. The standard InChI is InChI=1S/C14H22N2O3S/c1-3-16(11-6-4-5-7-11)20(17,18)12-8-9-13(15)14(10-12)19-2/h8-11H,3-7,15H2,1-2H3. The number of nitrogens with two attached hydrogens (primary N) is 1. The number of hydrogen-bond acceptors (Lipinski definition) is 4. The van der Waals surface area contributed by atoms with Gasteiger partial charge in [0.05, 0.1) is 17.7 Å². The maximum atomic E-state index is 12.8. The fourth-order valence-electron chi connectivity index (χ4n) is 2.80. The normalized spacial score (nSPS) is 16.8. The molecule has 0 heterocycles. The van der Waals surface area contributed by atoms with Crippen molar-refractivity contribution in [3.8, 4) is 5.75 Å². The molecule has 0 aliphatic heterocycles. The number of nitrogens with zero attached hydrogens (tertiary/aromatic N) is 1. The van der Waals surface area contributed by atoms with Crippen LogP contribution in [-0.4, -0.2) is 32.4 Å². The third-order valence-electron chi connectivity index (χ3n) is 3.86. The first kappa shape index (κ1) is 15.1. The summed E-state index contributed by atoms with van der Waals surface area (Å²) < 4.78 is 32.2. The van der Waals surface area contributed by atoms with Gasteiger partial charge in [0.25, 0.3) is 0 Å². The van der Waals surface area contributed by atoms with Gasteiger partial charge in [-0.15, -0.1) is 0 Å². The molecule has 0 spiro atoms. The lowest BCUT2D eigenvalue weighted by Crippen LogP contribution is -2.38. The first-order chi connectivity index (χ1) is 9.50. The largest absolute Gasteiger partial charge is 0.495 e. The summed E-state index contributed by atoms with van der Waals surface area (Å²) in [6.45, 7) is 2.37. The molecule has 5 nitrogen and oxygen atoms in total. The highest BCUT2D eigenvalue weighted by Crippen LogP contribution is 2.31. The molecule has 2 rings (SSSR count). The van der Waals surface area contributed by atoms with E-state index < -0.39 is 10.0 Å². The van der Waals surface area contributed by atoms with Crippen molar-refractivity contribution in [3.63, 3.8) is 0 Å². The lowest BCUT2D eigenvalue weighted by atomic mass is 10.2. The van der Waals surface area contributed by atoms with Crippen LogP contribution in [0.2, 0.25) is 0 Å². The van der Waals surface area contributed by atoms with E-state index in [1.165, 1.54) is 13.2 Å². The summed E-state index contributed by atoms with van der Waals surface area (Å²) in [6.07, 6.45) is 4.09. The van der Waals surface area contributed by atoms with Gasteiger partial charge in [-0.2, -0.15) is 4.31 Å². The van der Waals surface area contributed by atoms with Crippen LogP contribution < -0.4 is 10.5 Å². The molecule has 0 unspecified atom stereocenters. The molecule has 0 radical (unpaired) electrons. The highest BCUT2D eigenvalue weighted by Gasteiger charge is 2.32. The second-order valence-corrected chi connectivity index (χ2v) is 6.94. The Balaban J connectivity index is 2.37. The molecule has 0 aromatic heterocycles. The Bertz CT molecular complexity index is 566. The Morgan fingerprint density at radius 1 is 1.35 bits per heavy atom. The number of nitrogen functional groups attached to an aromatic ring is 1. The minimum absolute atomic E-state index is 0.119. The van der Waals surface area contributed by atoms with Crippen LogP contribution in [0.25, 0.3) is 0 Å². The molecule has 0 saturated heterocycles. The summed E-state index contributed by atoms with van der Waals surface area (Å²) in [5, 5.41) is 0. The second kappa shape index (κ2) is 6.01. The molecule has 0 amide bonds. The summed E-state index contributed by atoms with van der Waals surface area (Å²) in [6, 6.07) is 4.75. The molecule has 1 aromatic carbocycles. The van der Waals surface area contributed by atoms with E-state index in [9.17, 15) is 8.42 Å². The van der Waals surface area contributed by atoms with Crippen molar-refractivity contribution in [1.29, 1.82) is 0 Å². The zero-order valence-corrected chi connectivity index (χ0v) is 12.8. The van der Waals surface area contributed by atoms with Crippen LogP contribution in [0.5, 0.6) is 5.75 Å². The molecule has 0 atom stereocenters. The van der Waals surface area contributed by atoms with Crippen LogP contribution in [0.4, 0.5) is 5.69 Å². The zero-order valence-electron chi connectivity index (χ0n) is 12.0. The Hall–Kier alpha value is -1.27. The SMILES string of the molecule is CCN(C1CCCC1)S(=O)(=O)c1ccc(N)c(OC)c1. The van der Waals surface area contributed by atoms with Crippen LogP contribution in [0.1, 0.15) is 32.6 Å². The van der Waals surface area contributed by atoms with Crippen LogP contribution in [0.3, 0.4) is 0 Å². The number of benzene rings is 1. The average molecular weight is 298 g/mol. The molecule has 1 aliphatic carbocycles. The maximum absolute atomic E-state index is 12.8. The van der Waals surface area contributed by atoms with Crippen molar-refractivity contribution < 1.29 is 13.2 Å². The van der Waals surface area contributed by atoms with Crippen LogP contribution in [0.15, 0.2) is 23.1 Å². The molecule has 112 valence electrons. The van der Waals surface area contributed by atoms with E-state index in [1.807, 2.05) is 6.92 Å². The third kappa shape index (κ3) is 2.76. The van der Waals surface area contributed by atoms with Crippen LogP contribution in [-0.2, 0) is 10.0 Å². The third-order valence-corrected chi connectivity index (χ3v) is 5.88. The van der Waals surface area contributed by atoms with E-state index in [-0.39, 0.29) is 10.9 Å². The van der Waals surface area contributed by atoms with Crippen LogP contribution in [0, 0.1) is 0 Å². The molecule has 6 heteroatoms. The van der Waals surface area contributed by atoms with Gasteiger partial charge in [0.2, 0.25) is 10.0 Å². The lowest BCUT2D eigenvalue weighted by molar-refractivity contribution is 0.335. The van der Waals surface area contributed by atoms with Crippen molar-refractivity contribution in [2.45, 2.75) is 43.5 Å². The Kier molecular flexibility index (Phi) is 4.55. The summed E-state index contributed by atoms with van der Waals surface area (Å²) in [7, 11) is -2.00. The maximum Gasteiger partial charge on any atom is 0.243 e. The fourth-order valence-corrected chi connectivity index (χ4v) is 4.51. The van der Waals surface area contributed by atoms with Crippen molar-refractivity contribution in [2.75, 3.05) is 19.4 Å². The van der Waals surface area contributed by atoms with E-state index >= 15 is 0 Å². The highest BCUT2D eigenvalue weighted by atomic mass is 32.2. The van der Waals surface area contributed by atoms with Gasteiger partial charge in [-0.05, 0) is 25.0 Å². The first-order valence-corrected chi connectivity index (χ1v) is 8.40. The number of hydrogen-bond donors (Lipinski definition) is 1. The van der Waals surface area contributed by atoms with Crippen molar-refractivity contribution in [2.24, 2.45) is 0 Å². The summed E-state index contributed by atoms with van der Waals surface area (Å²) >= 11 is 0. The fraction of sp³-hybridized carbons (Fsp3) is 0.571. The number of anilines is 1. The van der Waals surface area contributed by atoms with E-state index in [0.29, 0.717) is 18.0 Å². The highest BCUT2D eigenvalue weighted by molar-refractivity contribution is 7.89. The molecule has 20 heavy (non-hydrogen) atoms. The zero-order chi connectivity index (χ0) is 14.8. The van der Waals surface area contributed by atoms with Crippen LogP contribution >= 0.6 is 0 Å². The number of ether oxygens (including phenoxy) is 1. The van der Waals surface area contributed by atoms with E-state index in [1.54, 1.807) is 16.4 Å². The summed E-state index contributed by atoms with van der Waals surface area (Å²) in [5.74, 6) is 0.397. The van der Waals surface area contributed by atoms with Gasteiger partial charge >= 0.3 is 0 Å². The molecule has 1 aromatic rings. The predicted molar refractivity (Wildman–Crippen MR) is 79.2 cm³/mol. The average Bonchev–Trinajstić information content (AvgIpc) is 2.93. The summed E-state index contributed by atoms with van der Waals surface area (Å²) in [5.41, 5.74) is 6.18. The Morgan fingerprint density at radius 3 is 2.55 bits per heavy atom. The molecule has 1 fully saturated rings. The summed E-state index contributed by atoms with van der Waals surface area (Å²) in [4.78, 5) is 0.248. The molecule has 2 N–H and O–H groups in total. The minimum atomic E-state index is -3.49. The van der Waals surface area contributed by atoms with Gasteiger partial charge in [-0.1, -0.05) is 19.8 Å². The van der Waals surface area contributed by atoms with E-state index in [2.05, 4.69) is 0 Å². The van der Waals surface area contributed by atoms with Gasteiger partial charge in [0, 0.05) is 18.7 Å². The number of rotatable bonds is 5. The molecule has 1 saturated carbocycles. The Labute approximate surface area is 120 Å². The molecule has 1 aliphatic rings. The molecular formula is C14H22N2O3S. The van der Waals surface area contributed by atoms with Gasteiger partial charge in [0.15, 0.2) is 0 Å². The second-order valence-electron chi connectivity index (χ2n) is 5.05. The van der Waals surface area contributed by atoms with Crippen molar-refractivity contribution >= 4 is 15.7 Å². The van der Waals surface area contributed by atoms with E-state index in [4.69, 9.17) is 10.5 Å². The van der Waals surface area contributed by atoms with Gasteiger partial charge in [0.1, 0.15) is 5.75 Å². The van der Waals surface area contributed by atoms with Crippen molar-refractivity contribution in [1.82, 2.24) is 4.31 Å². The van der Waals surface area contributed by atoms with Crippen molar-refractivity contribution in [3.05, 3.63) is 18.2 Å². The predicted octanol–water partition coefficient (Wildman–Crippen LogP) is 2.23. The molecule has 0 bridgehead atoms. The van der Waals surface area contributed by atoms with Gasteiger partial charge in [-0.3, -0.25) is 0 Å². The van der Waals surface area contributed by atoms with Gasteiger partial charge < -0.3 is 10.5 Å². The quantitative estimate of drug-likeness (QED) is 0.846. The molecular weight excluding hydrogens is 276 g/mol. The Morgan fingerprint density at radius 2 is 2.00 bits per heavy atom. The first-order valence-electron chi connectivity index (χ1n) is 6.96. The topological polar surface area (TPSA) is 72.6 Å². The smallest absolute Gasteiger partial charge is 0.243 e. The lowest BCUT2D eigenvalue weighted by Gasteiger charge is -2.27. The number of methoxy groups -OCH3 is 1. The van der Waals surface area contributed by atoms with Gasteiger partial charge in [-0.25, -0.2) is 8.42 Å². The minimum Gasteiger partial charge on any atom is -0.495 e. The van der Waals surface area contributed by atoms with E-state index in [0.717, 1.165) is 25.7 Å². The number of sulfonamides is 1.